The molecule has 0 radical (unpaired) electrons. The second kappa shape index (κ2) is 7.02. The number of amides is 1. The van der Waals surface area contributed by atoms with Crippen molar-refractivity contribution >= 4 is 5.91 Å². The van der Waals surface area contributed by atoms with Gasteiger partial charge in [0.15, 0.2) is 11.6 Å². The Balaban J connectivity index is 1.94. The summed E-state index contributed by atoms with van der Waals surface area (Å²) in [4.78, 5) is 13.7. The molecule has 1 amide bonds. The van der Waals surface area contributed by atoms with Gasteiger partial charge in [-0.25, -0.2) is 8.78 Å². The summed E-state index contributed by atoms with van der Waals surface area (Å²) in [5, 5.41) is 0. The van der Waals surface area contributed by atoms with Crippen LogP contribution in [-0.4, -0.2) is 31.0 Å². The summed E-state index contributed by atoms with van der Waals surface area (Å²) >= 11 is 0. The lowest BCUT2D eigenvalue weighted by molar-refractivity contribution is 0.0771. The molecule has 0 aliphatic carbocycles. The van der Waals surface area contributed by atoms with Crippen molar-refractivity contribution in [3.05, 3.63) is 65.2 Å². The second-order valence-electron chi connectivity index (χ2n) is 4.96. The maximum Gasteiger partial charge on any atom is 0.254 e. The van der Waals surface area contributed by atoms with Gasteiger partial charge in [0.05, 0.1) is 6.54 Å². The van der Waals surface area contributed by atoms with Crippen molar-refractivity contribution in [2.75, 3.05) is 20.2 Å². The molecule has 0 N–H and O–H groups in total. The van der Waals surface area contributed by atoms with Crippen LogP contribution in [0.2, 0.25) is 0 Å². The lowest BCUT2D eigenvalue weighted by atomic mass is 10.1. The quantitative estimate of drug-likeness (QED) is 0.847. The summed E-state index contributed by atoms with van der Waals surface area (Å²) < 4.78 is 31.9. The number of halogens is 2. The van der Waals surface area contributed by atoms with Gasteiger partial charge in [0, 0.05) is 12.6 Å². The average molecular weight is 305 g/mol. The van der Waals surface area contributed by atoms with Crippen LogP contribution < -0.4 is 4.74 Å². The average Bonchev–Trinajstić information content (AvgIpc) is 2.50. The molecule has 0 saturated carbocycles. The molecule has 0 aliphatic rings. The monoisotopic (exact) mass is 305 g/mol. The first-order valence-corrected chi connectivity index (χ1v) is 6.88. The van der Waals surface area contributed by atoms with Crippen LogP contribution in [0, 0.1) is 18.6 Å². The molecule has 0 saturated heterocycles. The van der Waals surface area contributed by atoms with Crippen molar-refractivity contribution in [1.29, 1.82) is 0 Å². The summed E-state index contributed by atoms with van der Waals surface area (Å²) in [6.45, 7) is 2.16. The fourth-order valence-corrected chi connectivity index (χ4v) is 1.99. The van der Waals surface area contributed by atoms with Crippen LogP contribution in [0.1, 0.15) is 15.9 Å². The fraction of sp³-hybridized carbons (Fsp3) is 0.235. The predicted molar refractivity (Wildman–Crippen MR) is 80.0 cm³/mol. The Morgan fingerprint density at radius 1 is 1.18 bits per heavy atom. The van der Waals surface area contributed by atoms with E-state index in [2.05, 4.69) is 0 Å². The highest BCUT2D eigenvalue weighted by Gasteiger charge is 2.15. The molecular formula is C17H17F2NO2. The molecule has 2 rings (SSSR count). The van der Waals surface area contributed by atoms with Crippen LogP contribution in [0.25, 0.3) is 0 Å². The van der Waals surface area contributed by atoms with Crippen molar-refractivity contribution in [3.63, 3.8) is 0 Å². The third-order valence-corrected chi connectivity index (χ3v) is 3.30. The van der Waals surface area contributed by atoms with Crippen molar-refractivity contribution in [2.24, 2.45) is 0 Å². The molecule has 116 valence electrons. The van der Waals surface area contributed by atoms with Gasteiger partial charge in [-0.2, -0.15) is 0 Å². The van der Waals surface area contributed by atoms with E-state index in [0.29, 0.717) is 11.1 Å². The standard InChI is InChI=1S/C17H17F2NO2/c1-12-7-8-13(18)11-14(12)17(21)20(2)9-10-22-16-6-4-3-5-15(16)19/h3-8,11H,9-10H2,1-2H3. The van der Waals surface area contributed by atoms with E-state index in [0.717, 1.165) is 0 Å². The van der Waals surface area contributed by atoms with Gasteiger partial charge in [0.25, 0.3) is 5.91 Å². The van der Waals surface area contributed by atoms with Crippen LogP contribution in [0.3, 0.4) is 0 Å². The third-order valence-electron chi connectivity index (χ3n) is 3.30. The van der Waals surface area contributed by atoms with E-state index >= 15 is 0 Å². The smallest absolute Gasteiger partial charge is 0.254 e. The molecule has 3 nitrogen and oxygen atoms in total. The van der Waals surface area contributed by atoms with E-state index < -0.39 is 11.6 Å². The minimum Gasteiger partial charge on any atom is -0.489 e. The van der Waals surface area contributed by atoms with Crippen LogP contribution in [0.5, 0.6) is 5.75 Å². The maximum absolute atomic E-state index is 13.4. The van der Waals surface area contributed by atoms with Gasteiger partial charge >= 0.3 is 0 Å². The molecule has 0 aliphatic heterocycles. The largest absolute Gasteiger partial charge is 0.489 e. The molecule has 0 heterocycles. The topological polar surface area (TPSA) is 29.5 Å². The zero-order valence-corrected chi connectivity index (χ0v) is 12.5. The molecule has 2 aromatic carbocycles. The Bertz CT molecular complexity index is 673. The number of benzene rings is 2. The number of hydrogen-bond acceptors (Lipinski definition) is 2. The number of aryl methyl sites for hydroxylation is 1. The van der Waals surface area contributed by atoms with E-state index in [9.17, 15) is 13.6 Å². The Morgan fingerprint density at radius 2 is 1.91 bits per heavy atom. The molecule has 0 atom stereocenters. The third kappa shape index (κ3) is 3.81. The summed E-state index contributed by atoms with van der Waals surface area (Å²) in [7, 11) is 1.59. The molecule has 2 aromatic rings. The number of para-hydroxylation sites is 1. The molecule has 0 unspecified atom stereocenters. The minimum absolute atomic E-state index is 0.144. The molecule has 0 bridgehead atoms. The number of ether oxygens (including phenoxy) is 1. The molecule has 22 heavy (non-hydrogen) atoms. The maximum atomic E-state index is 13.4. The first-order valence-electron chi connectivity index (χ1n) is 6.88. The normalized spacial score (nSPS) is 10.4. The highest BCUT2D eigenvalue weighted by Crippen LogP contribution is 2.16. The highest BCUT2D eigenvalue weighted by atomic mass is 19.1. The molecule has 5 heteroatoms. The summed E-state index contributed by atoms with van der Waals surface area (Å²) in [6.07, 6.45) is 0. The van der Waals surface area contributed by atoms with Gasteiger partial charge in [-0.05, 0) is 36.8 Å². The molecular weight excluding hydrogens is 288 g/mol. The first kappa shape index (κ1) is 15.9. The highest BCUT2D eigenvalue weighted by molar-refractivity contribution is 5.95. The van der Waals surface area contributed by atoms with E-state index in [4.69, 9.17) is 4.74 Å². The number of likely N-dealkylation sites (N-methyl/N-ethyl adjacent to an activating group) is 1. The van der Waals surface area contributed by atoms with Gasteiger partial charge in [0.2, 0.25) is 0 Å². The number of hydrogen-bond donors (Lipinski definition) is 0. The van der Waals surface area contributed by atoms with Crippen LogP contribution in [-0.2, 0) is 0 Å². The lowest BCUT2D eigenvalue weighted by Gasteiger charge is -2.18. The summed E-state index contributed by atoms with van der Waals surface area (Å²) in [5.41, 5.74) is 1.02. The zero-order valence-electron chi connectivity index (χ0n) is 12.5. The lowest BCUT2D eigenvalue weighted by Crippen LogP contribution is -2.31. The number of nitrogens with zero attached hydrogens (tertiary/aromatic N) is 1. The number of rotatable bonds is 5. The first-order chi connectivity index (χ1) is 10.5. The van der Waals surface area contributed by atoms with Crippen molar-refractivity contribution < 1.29 is 18.3 Å². The predicted octanol–water partition coefficient (Wildman–Crippen LogP) is 3.42. The zero-order chi connectivity index (χ0) is 16.1. The number of carbonyl (C=O) groups is 1. The van der Waals surface area contributed by atoms with Crippen LogP contribution in [0.15, 0.2) is 42.5 Å². The second-order valence-corrected chi connectivity index (χ2v) is 4.96. The van der Waals surface area contributed by atoms with E-state index in [1.54, 1.807) is 32.2 Å². The number of carbonyl (C=O) groups excluding carboxylic acids is 1. The van der Waals surface area contributed by atoms with E-state index in [1.807, 2.05) is 0 Å². The van der Waals surface area contributed by atoms with Gasteiger partial charge in [-0.15, -0.1) is 0 Å². The summed E-state index contributed by atoms with van der Waals surface area (Å²) in [5.74, 6) is -1.05. The van der Waals surface area contributed by atoms with Crippen molar-refractivity contribution in [2.45, 2.75) is 6.92 Å². The fourth-order valence-electron chi connectivity index (χ4n) is 1.99. The van der Waals surface area contributed by atoms with Crippen molar-refractivity contribution in [3.8, 4) is 5.75 Å². The van der Waals surface area contributed by atoms with E-state index in [1.165, 1.54) is 29.2 Å². The molecule has 0 aromatic heterocycles. The van der Waals surface area contributed by atoms with Crippen LogP contribution >= 0.6 is 0 Å². The van der Waals surface area contributed by atoms with Gasteiger partial charge in [0.1, 0.15) is 12.4 Å². The Morgan fingerprint density at radius 3 is 2.64 bits per heavy atom. The Hall–Kier alpha value is -2.43. The minimum atomic E-state index is -0.454. The SMILES string of the molecule is Cc1ccc(F)cc1C(=O)N(C)CCOc1ccccc1F. The molecule has 0 fully saturated rings. The van der Waals surface area contributed by atoms with Crippen LogP contribution in [0.4, 0.5) is 8.78 Å². The van der Waals surface area contributed by atoms with E-state index in [-0.39, 0.29) is 24.8 Å². The van der Waals surface area contributed by atoms with Gasteiger partial charge in [-0.3, -0.25) is 4.79 Å². The Labute approximate surface area is 128 Å². The van der Waals surface area contributed by atoms with Gasteiger partial charge < -0.3 is 9.64 Å². The molecule has 0 spiro atoms. The van der Waals surface area contributed by atoms with Gasteiger partial charge in [-0.1, -0.05) is 18.2 Å². The van der Waals surface area contributed by atoms with Crippen molar-refractivity contribution in [1.82, 2.24) is 4.90 Å². The summed E-state index contributed by atoms with van der Waals surface area (Å²) in [6, 6.07) is 10.2. The Kier molecular flexibility index (Phi) is 5.09.